The van der Waals surface area contributed by atoms with Crippen LogP contribution in [0.1, 0.15) is 12.5 Å². The van der Waals surface area contributed by atoms with Crippen LogP contribution in [0.2, 0.25) is 0 Å². The summed E-state index contributed by atoms with van der Waals surface area (Å²) in [6.45, 7) is 4.94. The van der Waals surface area contributed by atoms with Crippen LogP contribution in [-0.4, -0.2) is 68.2 Å². The van der Waals surface area contributed by atoms with Crippen molar-refractivity contribution in [3.8, 4) is 0 Å². The molecule has 0 radical (unpaired) electrons. The lowest BCUT2D eigenvalue weighted by Crippen LogP contribution is -2.52. The molecule has 9 nitrogen and oxygen atoms in total. The molecular formula is C16H25ClN4O5S. The maximum atomic E-state index is 12.9. The summed E-state index contributed by atoms with van der Waals surface area (Å²) < 4.78 is 27.1. The second kappa shape index (κ2) is 9.45. The largest absolute Gasteiger partial charge is 0.340 e. The van der Waals surface area contributed by atoms with Gasteiger partial charge in [-0.1, -0.05) is 13.0 Å². The lowest BCUT2D eigenvalue weighted by Gasteiger charge is -2.35. The molecule has 0 spiro atoms. The summed E-state index contributed by atoms with van der Waals surface area (Å²) in [5, 5.41) is 13.9. The minimum atomic E-state index is -3.85. The number of sulfonamides is 1. The first-order chi connectivity index (χ1) is 12.2. The van der Waals surface area contributed by atoms with Gasteiger partial charge in [-0.15, -0.1) is 12.4 Å². The van der Waals surface area contributed by atoms with E-state index in [2.05, 4.69) is 5.32 Å². The van der Waals surface area contributed by atoms with Crippen molar-refractivity contribution in [2.75, 3.05) is 39.8 Å². The van der Waals surface area contributed by atoms with E-state index in [1.165, 1.54) is 16.4 Å². The third-order valence-corrected chi connectivity index (χ3v) is 6.52. The van der Waals surface area contributed by atoms with Crippen LogP contribution < -0.4 is 5.32 Å². The molecule has 0 bridgehead atoms. The summed E-state index contributed by atoms with van der Waals surface area (Å²) in [4.78, 5) is 24.3. The van der Waals surface area contributed by atoms with E-state index in [9.17, 15) is 23.3 Å². The number of carbonyl (C=O) groups is 1. The van der Waals surface area contributed by atoms with Crippen LogP contribution in [0.15, 0.2) is 23.1 Å². The van der Waals surface area contributed by atoms with Gasteiger partial charge in [-0.3, -0.25) is 14.9 Å². The fraction of sp³-hybridized carbons (Fsp3) is 0.562. The molecule has 1 aliphatic rings. The Kier molecular flexibility index (Phi) is 8.15. The molecule has 1 aromatic rings. The van der Waals surface area contributed by atoms with E-state index < -0.39 is 14.9 Å². The van der Waals surface area contributed by atoms with E-state index in [1.54, 1.807) is 18.9 Å². The highest BCUT2D eigenvalue weighted by atomic mass is 35.5. The highest BCUT2D eigenvalue weighted by Gasteiger charge is 2.32. The lowest BCUT2D eigenvalue weighted by atomic mass is 10.1. The normalized spacial score (nSPS) is 16.5. The van der Waals surface area contributed by atoms with Crippen molar-refractivity contribution in [2.24, 2.45) is 5.92 Å². The Labute approximate surface area is 165 Å². The van der Waals surface area contributed by atoms with Crippen LogP contribution >= 0.6 is 12.4 Å². The van der Waals surface area contributed by atoms with Crippen LogP contribution in [0.25, 0.3) is 0 Å². The number of nitrogens with one attached hydrogen (secondary N) is 1. The average molecular weight is 421 g/mol. The summed E-state index contributed by atoms with van der Waals surface area (Å²) in [7, 11) is -2.08. The van der Waals surface area contributed by atoms with Gasteiger partial charge in [0.05, 0.1) is 9.82 Å². The van der Waals surface area contributed by atoms with Crippen LogP contribution in [-0.2, 0) is 14.8 Å². The summed E-state index contributed by atoms with van der Waals surface area (Å²) in [6.07, 6.45) is 0. The van der Waals surface area contributed by atoms with Gasteiger partial charge in [0.2, 0.25) is 15.9 Å². The Morgan fingerprint density at radius 1 is 1.30 bits per heavy atom. The molecule has 11 heteroatoms. The molecular weight excluding hydrogens is 396 g/mol. The Hall–Kier alpha value is -1.75. The van der Waals surface area contributed by atoms with E-state index in [0.29, 0.717) is 25.2 Å². The van der Waals surface area contributed by atoms with Crippen molar-refractivity contribution < 1.29 is 18.1 Å². The van der Waals surface area contributed by atoms with E-state index in [0.717, 1.165) is 6.07 Å². The fourth-order valence-corrected chi connectivity index (χ4v) is 4.64. The maximum Gasteiger partial charge on any atom is 0.270 e. The molecule has 1 aliphatic heterocycles. The molecule has 2 rings (SSSR count). The number of nitrogens with zero attached hydrogens (tertiary/aromatic N) is 3. The molecule has 0 saturated carbocycles. The van der Waals surface area contributed by atoms with Gasteiger partial charge >= 0.3 is 0 Å². The predicted octanol–water partition coefficient (Wildman–Crippen LogP) is 1.01. The second-order valence-electron chi connectivity index (χ2n) is 6.40. The van der Waals surface area contributed by atoms with Gasteiger partial charge in [-0.2, -0.15) is 4.31 Å². The maximum absolute atomic E-state index is 12.9. The third kappa shape index (κ3) is 5.16. The van der Waals surface area contributed by atoms with E-state index >= 15 is 0 Å². The van der Waals surface area contributed by atoms with Gasteiger partial charge in [0, 0.05) is 50.8 Å². The van der Waals surface area contributed by atoms with Gasteiger partial charge in [0.15, 0.2) is 0 Å². The van der Waals surface area contributed by atoms with Crippen molar-refractivity contribution in [1.82, 2.24) is 14.5 Å². The number of nitro groups is 1. The summed E-state index contributed by atoms with van der Waals surface area (Å²) >= 11 is 0. The Morgan fingerprint density at radius 3 is 2.41 bits per heavy atom. The number of aryl methyl sites for hydroxylation is 1. The zero-order valence-electron chi connectivity index (χ0n) is 15.5. The van der Waals surface area contributed by atoms with Crippen LogP contribution in [0.5, 0.6) is 0 Å². The lowest BCUT2D eigenvalue weighted by molar-refractivity contribution is -0.385. The molecule has 1 heterocycles. The van der Waals surface area contributed by atoms with E-state index in [4.69, 9.17) is 0 Å². The molecule has 27 heavy (non-hydrogen) atoms. The number of benzene rings is 1. The molecule has 1 unspecified atom stereocenters. The first kappa shape index (κ1) is 23.3. The minimum Gasteiger partial charge on any atom is -0.340 e. The first-order valence-electron chi connectivity index (χ1n) is 8.37. The number of nitro benzene ring substituents is 1. The summed E-state index contributed by atoms with van der Waals surface area (Å²) in [5.41, 5.74) is 0.195. The number of amides is 1. The summed E-state index contributed by atoms with van der Waals surface area (Å²) in [6, 6.07) is 3.82. The predicted molar refractivity (Wildman–Crippen MR) is 104 cm³/mol. The molecule has 0 aromatic heterocycles. The molecule has 1 N–H and O–H groups in total. The zero-order chi connectivity index (χ0) is 19.5. The summed E-state index contributed by atoms with van der Waals surface area (Å²) in [5.74, 6) is -0.190. The smallest absolute Gasteiger partial charge is 0.270 e. The number of rotatable bonds is 6. The molecule has 152 valence electrons. The second-order valence-corrected chi connectivity index (χ2v) is 8.30. The van der Waals surface area contributed by atoms with Crippen LogP contribution in [0, 0.1) is 23.0 Å². The molecule has 1 amide bonds. The Morgan fingerprint density at radius 2 is 1.89 bits per heavy atom. The van der Waals surface area contributed by atoms with Gasteiger partial charge in [0.1, 0.15) is 0 Å². The van der Waals surface area contributed by atoms with Gasteiger partial charge in [-0.25, -0.2) is 8.42 Å². The van der Waals surface area contributed by atoms with Gasteiger partial charge in [0.25, 0.3) is 5.69 Å². The molecule has 1 fully saturated rings. The zero-order valence-corrected chi connectivity index (χ0v) is 17.2. The topological polar surface area (TPSA) is 113 Å². The van der Waals surface area contributed by atoms with Crippen molar-refractivity contribution >= 4 is 34.0 Å². The van der Waals surface area contributed by atoms with Crippen LogP contribution in [0.4, 0.5) is 5.69 Å². The average Bonchev–Trinajstić information content (AvgIpc) is 2.61. The SMILES string of the molecule is CNCC(C)C(=O)N1CCN(S(=O)(=O)c2cc([N+](=O)[O-])ccc2C)CC1.Cl. The Bertz CT molecular complexity index is 794. The highest BCUT2D eigenvalue weighted by molar-refractivity contribution is 7.89. The van der Waals surface area contributed by atoms with Crippen molar-refractivity contribution in [1.29, 1.82) is 0 Å². The third-order valence-electron chi connectivity index (χ3n) is 4.48. The molecule has 0 aliphatic carbocycles. The number of piperazine rings is 1. The number of non-ortho nitro benzene ring substituents is 1. The quantitative estimate of drug-likeness (QED) is 0.542. The highest BCUT2D eigenvalue weighted by Crippen LogP contribution is 2.25. The molecule has 1 aromatic carbocycles. The van der Waals surface area contributed by atoms with Gasteiger partial charge < -0.3 is 10.2 Å². The Balaban J connectivity index is 0.00000364. The monoisotopic (exact) mass is 420 g/mol. The number of hydrogen-bond donors (Lipinski definition) is 1. The van der Waals surface area contributed by atoms with E-state index in [1.807, 2.05) is 6.92 Å². The number of halogens is 1. The van der Waals surface area contributed by atoms with Crippen molar-refractivity contribution in [3.05, 3.63) is 33.9 Å². The van der Waals surface area contributed by atoms with Crippen LogP contribution in [0.3, 0.4) is 0 Å². The standard InChI is InChI=1S/C16H24N4O5S.ClH/c1-12-4-5-14(20(22)23)10-15(12)26(24,25)19-8-6-18(7-9-19)16(21)13(2)11-17-3;/h4-5,10,13,17H,6-9,11H2,1-3H3;1H. The van der Waals surface area contributed by atoms with Crippen molar-refractivity contribution in [3.63, 3.8) is 0 Å². The van der Waals surface area contributed by atoms with E-state index in [-0.39, 0.29) is 47.9 Å². The fourth-order valence-electron chi connectivity index (χ4n) is 2.97. The number of hydrogen-bond acceptors (Lipinski definition) is 6. The molecule has 1 saturated heterocycles. The minimum absolute atomic E-state index is 0. The van der Waals surface area contributed by atoms with Crippen molar-refractivity contribution in [2.45, 2.75) is 18.7 Å². The number of carbonyl (C=O) groups excluding carboxylic acids is 1. The first-order valence-corrected chi connectivity index (χ1v) is 9.81. The van der Waals surface area contributed by atoms with Gasteiger partial charge in [-0.05, 0) is 19.5 Å². The molecule has 1 atom stereocenters.